The van der Waals surface area contributed by atoms with Crippen LogP contribution in [0.25, 0.3) is 0 Å². The second-order valence-electron chi connectivity index (χ2n) is 7.16. The van der Waals surface area contributed by atoms with Crippen molar-refractivity contribution in [2.24, 2.45) is 17.3 Å². The molecule has 2 aliphatic carbocycles. The van der Waals surface area contributed by atoms with Gasteiger partial charge in [0.2, 0.25) is 0 Å². The largest absolute Gasteiger partial charge is 0.388 e. The molecule has 0 radical (unpaired) electrons. The van der Waals surface area contributed by atoms with E-state index in [1.165, 1.54) is 19.3 Å². The standard InChI is InChI=1S/C17H29NO/c1-3-5-15-7-10-16(13-18,11-8-15)17(19)9-4-6-14(2)12-17/h14-15,19H,3-12H2,1-2H3. The van der Waals surface area contributed by atoms with E-state index in [0.29, 0.717) is 5.92 Å². The summed E-state index contributed by atoms with van der Waals surface area (Å²) >= 11 is 0. The van der Waals surface area contributed by atoms with Crippen molar-refractivity contribution in [2.45, 2.75) is 83.7 Å². The summed E-state index contributed by atoms with van der Waals surface area (Å²) in [6.07, 6.45) is 10.6. The molecule has 108 valence electrons. The van der Waals surface area contributed by atoms with E-state index < -0.39 is 11.0 Å². The first-order chi connectivity index (χ1) is 9.05. The minimum Gasteiger partial charge on any atom is -0.388 e. The van der Waals surface area contributed by atoms with E-state index in [1.807, 2.05) is 0 Å². The Balaban J connectivity index is 2.09. The third kappa shape index (κ3) is 2.82. The predicted octanol–water partition coefficient (Wildman–Crippen LogP) is 4.43. The fraction of sp³-hybridized carbons (Fsp3) is 0.941. The Labute approximate surface area is 118 Å². The maximum absolute atomic E-state index is 11.1. The van der Waals surface area contributed by atoms with Gasteiger partial charge in [-0.25, -0.2) is 0 Å². The van der Waals surface area contributed by atoms with Crippen molar-refractivity contribution in [3.8, 4) is 6.07 Å². The number of aliphatic hydroxyl groups is 1. The van der Waals surface area contributed by atoms with Crippen LogP contribution in [0.3, 0.4) is 0 Å². The number of nitriles is 1. The van der Waals surface area contributed by atoms with Gasteiger partial charge in [0, 0.05) is 0 Å². The molecule has 2 fully saturated rings. The molecule has 0 heterocycles. The van der Waals surface area contributed by atoms with Gasteiger partial charge in [0.1, 0.15) is 0 Å². The number of nitrogens with zero attached hydrogens (tertiary/aromatic N) is 1. The Hall–Kier alpha value is -0.550. The lowest BCUT2D eigenvalue weighted by Gasteiger charge is -2.49. The van der Waals surface area contributed by atoms with Crippen LogP contribution in [0, 0.1) is 28.6 Å². The van der Waals surface area contributed by atoms with Gasteiger partial charge >= 0.3 is 0 Å². The molecule has 2 nitrogen and oxygen atoms in total. The van der Waals surface area contributed by atoms with Gasteiger partial charge in [0.05, 0.1) is 17.1 Å². The molecule has 2 unspecified atom stereocenters. The lowest BCUT2D eigenvalue weighted by molar-refractivity contribution is -0.112. The van der Waals surface area contributed by atoms with Crippen LogP contribution < -0.4 is 0 Å². The molecular formula is C17H29NO. The summed E-state index contributed by atoms with van der Waals surface area (Å²) in [6.45, 7) is 4.46. The van der Waals surface area contributed by atoms with Crippen LogP contribution in [0.5, 0.6) is 0 Å². The van der Waals surface area contributed by atoms with Crippen LogP contribution in [0.1, 0.15) is 78.1 Å². The Bertz CT molecular complexity index is 338. The molecule has 0 amide bonds. The monoisotopic (exact) mass is 263 g/mol. The van der Waals surface area contributed by atoms with Gasteiger partial charge in [-0.05, 0) is 50.4 Å². The molecule has 2 atom stereocenters. The molecule has 0 bridgehead atoms. The highest BCUT2D eigenvalue weighted by Gasteiger charge is 2.53. The average Bonchev–Trinajstić information content (AvgIpc) is 2.40. The molecule has 2 heteroatoms. The van der Waals surface area contributed by atoms with E-state index in [9.17, 15) is 10.4 Å². The van der Waals surface area contributed by atoms with Crippen LogP contribution in [-0.4, -0.2) is 10.7 Å². The molecular weight excluding hydrogens is 234 g/mol. The van der Waals surface area contributed by atoms with Crippen LogP contribution in [0.15, 0.2) is 0 Å². The molecule has 2 aliphatic rings. The molecule has 0 aromatic carbocycles. The summed E-state index contributed by atoms with van der Waals surface area (Å²) in [5.41, 5.74) is -1.16. The van der Waals surface area contributed by atoms with Crippen molar-refractivity contribution in [2.75, 3.05) is 0 Å². The van der Waals surface area contributed by atoms with Gasteiger partial charge in [-0.15, -0.1) is 0 Å². The summed E-state index contributed by atoms with van der Waals surface area (Å²) in [6, 6.07) is 2.56. The van der Waals surface area contributed by atoms with Crippen molar-refractivity contribution in [1.82, 2.24) is 0 Å². The Kier molecular flexibility index (Phi) is 4.56. The summed E-state index contributed by atoms with van der Waals surface area (Å²) in [4.78, 5) is 0. The van der Waals surface area contributed by atoms with E-state index >= 15 is 0 Å². The molecule has 19 heavy (non-hydrogen) atoms. The van der Waals surface area contributed by atoms with Crippen LogP contribution in [0.4, 0.5) is 0 Å². The summed E-state index contributed by atoms with van der Waals surface area (Å²) in [5.74, 6) is 1.36. The second-order valence-corrected chi connectivity index (χ2v) is 7.16. The first-order valence-electron chi connectivity index (χ1n) is 8.19. The lowest BCUT2D eigenvalue weighted by atomic mass is 9.56. The lowest BCUT2D eigenvalue weighted by Crippen LogP contribution is -2.52. The smallest absolute Gasteiger partial charge is 0.0860 e. The van der Waals surface area contributed by atoms with Crippen molar-refractivity contribution >= 4 is 0 Å². The molecule has 0 saturated heterocycles. The topological polar surface area (TPSA) is 44.0 Å². The zero-order valence-electron chi connectivity index (χ0n) is 12.6. The Morgan fingerprint density at radius 1 is 1.21 bits per heavy atom. The molecule has 0 spiro atoms. The fourth-order valence-electron chi connectivity index (χ4n) is 4.51. The first kappa shape index (κ1) is 14.9. The predicted molar refractivity (Wildman–Crippen MR) is 77.5 cm³/mol. The minimum absolute atomic E-state index is 0.452. The van der Waals surface area contributed by atoms with Gasteiger partial charge in [-0.2, -0.15) is 5.26 Å². The quantitative estimate of drug-likeness (QED) is 0.818. The Morgan fingerprint density at radius 3 is 2.42 bits per heavy atom. The first-order valence-corrected chi connectivity index (χ1v) is 8.19. The van der Waals surface area contributed by atoms with Gasteiger partial charge in [0.25, 0.3) is 0 Å². The molecule has 0 aliphatic heterocycles. The number of hydrogen-bond acceptors (Lipinski definition) is 2. The van der Waals surface area contributed by atoms with E-state index in [1.54, 1.807) is 0 Å². The number of hydrogen-bond donors (Lipinski definition) is 1. The minimum atomic E-state index is -0.712. The third-order valence-electron chi connectivity index (χ3n) is 5.73. The van der Waals surface area contributed by atoms with Gasteiger partial charge in [-0.3, -0.25) is 0 Å². The second kappa shape index (κ2) is 5.83. The van der Waals surface area contributed by atoms with Gasteiger partial charge in [0.15, 0.2) is 0 Å². The van der Waals surface area contributed by atoms with Gasteiger partial charge in [-0.1, -0.05) is 39.5 Å². The van der Waals surface area contributed by atoms with Crippen molar-refractivity contribution in [3.63, 3.8) is 0 Å². The molecule has 2 rings (SSSR count). The van der Waals surface area contributed by atoms with E-state index in [-0.39, 0.29) is 0 Å². The van der Waals surface area contributed by atoms with Crippen LogP contribution in [-0.2, 0) is 0 Å². The summed E-state index contributed by atoms with van der Waals surface area (Å²) in [7, 11) is 0. The van der Waals surface area contributed by atoms with Crippen LogP contribution >= 0.6 is 0 Å². The molecule has 0 aromatic rings. The van der Waals surface area contributed by atoms with Crippen LogP contribution in [0.2, 0.25) is 0 Å². The zero-order valence-corrected chi connectivity index (χ0v) is 12.6. The fourth-order valence-corrected chi connectivity index (χ4v) is 4.51. The SMILES string of the molecule is CCCC1CCC(C#N)(C2(O)CCCC(C)C2)CC1. The van der Waals surface area contributed by atoms with Crippen molar-refractivity contribution in [3.05, 3.63) is 0 Å². The third-order valence-corrected chi connectivity index (χ3v) is 5.73. The molecule has 2 saturated carbocycles. The Morgan fingerprint density at radius 2 is 1.89 bits per heavy atom. The normalized spacial score (nSPS) is 43.7. The van der Waals surface area contributed by atoms with E-state index in [2.05, 4.69) is 19.9 Å². The van der Waals surface area contributed by atoms with E-state index in [0.717, 1.165) is 50.9 Å². The van der Waals surface area contributed by atoms with Gasteiger partial charge < -0.3 is 5.11 Å². The summed E-state index contributed by atoms with van der Waals surface area (Å²) in [5, 5.41) is 20.9. The van der Waals surface area contributed by atoms with Crippen molar-refractivity contribution in [1.29, 1.82) is 5.26 Å². The highest BCUT2D eigenvalue weighted by atomic mass is 16.3. The van der Waals surface area contributed by atoms with Crippen molar-refractivity contribution < 1.29 is 5.11 Å². The zero-order chi connectivity index (χ0) is 13.9. The summed E-state index contributed by atoms with van der Waals surface area (Å²) < 4.78 is 0. The molecule has 1 N–H and O–H groups in total. The molecule has 0 aromatic heterocycles. The highest BCUT2D eigenvalue weighted by Crippen LogP contribution is 2.53. The van der Waals surface area contributed by atoms with E-state index in [4.69, 9.17) is 0 Å². The number of rotatable bonds is 3. The highest BCUT2D eigenvalue weighted by molar-refractivity contribution is 5.14. The maximum Gasteiger partial charge on any atom is 0.0860 e. The maximum atomic E-state index is 11.1. The average molecular weight is 263 g/mol.